The summed E-state index contributed by atoms with van der Waals surface area (Å²) in [4.78, 5) is 0. The van der Waals surface area contributed by atoms with Crippen LogP contribution in [-0.4, -0.2) is 6.54 Å². The van der Waals surface area contributed by atoms with Gasteiger partial charge < -0.3 is 11.1 Å². The van der Waals surface area contributed by atoms with Crippen molar-refractivity contribution in [2.24, 2.45) is 11.8 Å². The minimum absolute atomic E-state index is 0.642. The highest BCUT2D eigenvalue weighted by molar-refractivity contribution is 5.75. The van der Waals surface area contributed by atoms with Crippen molar-refractivity contribution in [3.05, 3.63) is 22.3 Å². The van der Waals surface area contributed by atoms with E-state index in [1.165, 1.54) is 86.6 Å². The molecule has 0 heterocycles. The van der Waals surface area contributed by atoms with Crippen molar-refractivity contribution in [1.29, 1.82) is 0 Å². The minimum Gasteiger partial charge on any atom is -0.398 e. The molecule has 1 aromatic carbocycles. The van der Waals surface area contributed by atoms with Crippen molar-refractivity contribution < 1.29 is 0 Å². The lowest BCUT2D eigenvalue weighted by molar-refractivity contribution is 0.435. The Hall–Kier alpha value is -1.18. The van der Waals surface area contributed by atoms with Gasteiger partial charge in [-0.15, -0.1) is 0 Å². The van der Waals surface area contributed by atoms with Gasteiger partial charge in [-0.05, 0) is 79.4 Å². The molecule has 0 aromatic heterocycles. The third-order valence-corrected chi connectivity index (χ3v) is 7.32. The predicted octanol–water partition coefficient (Wildman–Crippen LogP) is 7.94. The zero-order valence-electron chi connectivity index (χ0n) is 19.9. The highest BCUT2D eigenvalue weighted by Crippen LogP contribution is 2.48. The van der Waals surface area contributed by atoms with E-state index in [1.54, 1.807) is 5.56 Å². The van der Waals surface area contributed by atoms with Crippen molar-refractivity contribution in [3.63, 3.8) is 0 Å². The quantitative estimate of drug-likeness (QED) is 0.457. The van der Waals surface area contributed by atoms with Gasteiger partial charge in [-0.25, -0.2) is 0 Å². The number of nitrogens with one attached hydrogen (secondary N) is 1. The summed E-state index contributed by atoms with van der Waals surface area (Å²) < 4.78 is 0. The Morgan fingerprint density at radius 1 is 0.793 bits per heavy atom. The normalized spacial score (nSPS) is 19.3. The van der Waals surface area contributed by atoms with E-state index in [0.717, 1.165) is 18.7 Å². The maximum absolute atomic E-state index is 7.11. The van der Waals surface area contributed by atoms with Gasteiger partial charge in [0.2, 0.25) is 0 Å². The van der Waals surface area contributed by atoms with Crippen molar-refractivity contribution in [2.75, 3.05) is 17.6 Å². The number of hydrogen-bond donors (Lipinski definition) is 2. The molecule has 2 fully saturated rings. The van der Waals surface area contributed by atoms with E-state index in [-0.39, 0.29) is 0 Å². The molecular formula is C27H46N2. The molecule has 164 valence electrons. The lowest BCUT2D eigenvalue weighted by Crippen LogP contribution is -2.21. The molecule has 29 heavy (non-hydrogen) atoms. The molecule has 0 atom stereocenters. The largest absolute Gasteiger partial charge is 0.398 e. The molecule has 3 N–H and O–H groups in total. The first-order chi connectivity index (χ1) is 13.9. The van der Waals surface area contributed by atoms with Gasteiger partial charge in [0.1, 0.15) is 0 Å². The van der Waals surface area contributed by atoms with Crippen LogP contribution in [-0.2, 0) is 6.42 Å². The summed E-state index contributed by atoms with van der Waals surface area (Å²) in [6.07, 6.45) is 14.7. The molecule has 2 saturated carbocycles. The molecule has 0 bridgehead atoms. The van der Waals surface area contributed by atoms with E-state index in [9.17, 15) is 0 Å². The Labute approximate surface area is 180 Å². The summed E-state index contributed by atoms with van der Waals surface area (Å²) >= 11 is 0. The second-order valence-electron chi connectivity index (χ2n) is 10.8. The number of hydrogen-bond acceptors (Lipinski definition) is 2. The summed E-state index contributed by atoms with van der Waals surface area (Å²) in [6, 6.07) is 0. The average molecular weight is 399 g/mol. The van der Waals surface area contributed by atoms with Gasteiger partial charge in [0.05, 0.1) is 0 Å². The molecule has 0 unspecified atom stereocenters. The van der Waals surface area contributed by atoms with E-state index in [4.69, 9.17) is 5.73 Å². The Morgan fingerprint density at radius 3 is 1.79 bits per heavy atom. The highest BCUT2D eigenvalue weighted by atomic mass is 14.9. The SMILES string of the molecule is Cc1c(NCC(C)C)c(C2CCCCC2)c(N)c(CC(C)C)c1C1CCCCC1. The summed E-state index contributed by atoms with van der Waals surface area (Å²) in [6.45, 7) is 12.8. The fraction of sp³-hybridized carbons (Fsp3) is 0.778. The monoisotopic (exact) mass is 398 g/mol. The number of nitrogens with two attached hydrogens (primary N) is 1. The van der Waals surface area contributed by atoms with Crippen LogP contribution in [0.25, 0.3) is 0 Å². The molecule has 0 saturated heterocycles. The third-order valence-electron chi connectivity index (χ3n) is 7.32. The summed E-state index contributed by atoms with van der Waals surface area (Å²) in [7, 11) is 0. The Kier molecular flexibility index (Phi) is 7.93. The Morgan fingerprint density at radius 2 is 1.31 bits per heavy atom. The number of benzene rings is 1. The number of anilines is 2. The van der Waals surface area contributed by atoms with Crippen molar-refractivity contribution in [3.8, 4) is 0 Å². The predicted molar refractivity (Wildman–Crippen MR) is 129 cm³/mol. The fourth-order valence-corrected chi connectivity index (χ4v) is 5.93. The van der Waals surface area contributed by atoms with Crippen LogP contribution in [0.1, 0.15) is 126 Å². The molecule has 0 radical (unpaired) electrons. The summed E-state index contributed by atoms with van der Waals surface area (Å²) in [5.41, 5.74) is 15.8. The van der Waals surface area contributed by atoms with Crippen LogP contribution in [0.2, 0.25) is 0 Å². The first-order valence-corrected chi connectivity index (χ1v) is 12.6. The smallest absolute Gasteiger partial charge is 0.0429 e. The maximum Gasteiger partial charge on any atom is 0.0429 e. The van der Waals surface area contributed by atoms with Crippen LogP contribution >= 0.6 is 0 Å². The van der Waals surface area contributed by atoms with Crippen LogP contribution < -0.4 is 11.1 Å². The fourth-order valence-electron chi connectivity index (χ4n) is 5.93. The van der Waals surface area contributed by atoms with Crippen LogP contribution in [0.3, 0.4) is 0 Å². The third kappa shape index (κ3) is 5.30. The van der Waals surface area contributed by atoms with Crippen molar-refractivity contribution >= 4 is 11.4 Å². The number of nitrogen functional groups attached to an aromatic ring is 1. The first-order valence-electron chi connectivity index (χ1n) is 12.6. The summed E-state index contributed by atoms with van der Waals surface area (Å²) in [5.74, 6) is 2.64. The van der Waals surface area contributed by atoms with Gasteiger partial charge in [-0.3, -0.25) is 0 Å². The second-order valence-corrected chi connectivity index (χ2v) is 10.8. The van der Waals surface area contributed by atoms with Gasteiger partial charge in [-0.2, -0.15) is 0 Å². The molecule has 0 spiro atoms. The van der Waals surface area contributed by atoms with Crippen LogP contribution in [0, 0.1) is 18.8 Å². The molecule has 3 rings (SSSR count). The van der Waals surface area contributed by atoms with Crippen LogP contribution in [0.5, 0.6) is 0 Å². The Bertz CT molecular complexity index is 662. The van der Waals surface area contributed by atoms with Gasteiger partial charge in [0.15, 0.2) is 0 Å². The Balaban J connectivity index is 2.15. The van der Waals surface area contributed by atoms with Crippen molar-refractivity contribution in [2.45, 2.75) is 117 Å². The zero-order chi connectivity index (χ0) is 21.0. The maximum atomic E-state index is 7.11. The van der Waals surface area contributed by atoms with Gasteiger partial charge in [0, 0.05) is 23.5 Å². The second kappa shape index (κ2) is 10.2. The van der Waals surface area contributed by atoms with Crippen LogP contribution in [0.15, 0.2) is 0 Å². The van der Waals surface area contributed by atoms with Gasteiger partial charge in [-0.1, -0.05) is 66.2 Å². The molecule has 2 nitrogen and oxygen atoms in total. The molecule has 2 aliphatic rings. The van der Waals surface area contributed by atoms with Gasteiger partial charge in [0.25, 0.3) is 0 Å². The standard InChI is InChI=1S/C27H46N2/c1-18(2)16-23-24(21-12-8-6-9-13-21)20(5)27(29-17-19(3)4)25(26(23)28)22-14-10-7-11-15-22/h18-19,21-22,29H,6-17,28H2,1-5H3. The molecule has 1 aromatic rings. The summed E-state index contributed by atoms with van der Waals surface area (Å²) in [5, 5.41) is 3.90. The lowest BCUT2D eigenvalue weighted by atomic mass is 9.74. The van der Waals surface area contributed by atoms with E-state index in [0.29, 0.717) is 23.7 Å². The molecule has 2 aliphatic carbocycles. The molecule has 2 heteroatoms. The molecular weight excluding hydrogens is 352 g/mol. The molecule has 0 aliphatic heterocycles. The van der Waals surface area contributed by atoms with Crippen LogP contribution in [0.4, 0.5) is 11.4 Å². The van der Waals surface area contributed by atoms with E-state index in [1.807, 2.05) is 0 Å². The first kappa shape index (κ1) is 22.5. The van der Waals surface area contributed by atoms with E-state index in [2.05, 4.69) is 39.9 Å². The zero-order valence-corrected chi connectivity index (χ0v) is 19.9. The lowest BCUT2D eigenvalue weighted by Gasteiger charge is -2.34. The highest BCUT2D eigenvalue weighted by Gasteiger charge is 2.30. The van der Waals surface area contributed by atoms with Gasteiger partial charge >= 0.3 is 0 Å². The minimum atomic E-state index is 0.642. The van der Waals surface area contributed by atoms with Crippen molar-refractivity contribution in [1.82, 2.24) is 0 Å². The molecule has 0 amide bonds. The van der Waals surface area contributed by atoms with E-state index < -0.39 is 0 Å². The van der Waals surface area contributed by atoms with E-state index >= 15 is 0 Å². The average Bonchev–Trinajstić information content (AvgIpc) is 2.70. The topological polar surface area (TPSA) is 38.0 Å². The number of rotatable bonds is 7.